The molecule has 0 spiro atoms. The SMILES string of the molecule is COc1ccc(C(c2ccc(OC)cc2)C2OOC(c3ccccc3)(C(F)(F)F)O2)cc1. The Morgan fingerprint density at radius 2 is 1.28 bits per heavy atom. The molecule has 0 saturated carbocycles. The largest absolute Gasteiger partial charge is 0.497 e. The molecule has 3 aromatic carbocycles. The molecule has 2 unspecified atom stereocenters. The lowest BCUT2D eigenvalue weighted by Crippen LogP contribution is -2.44. The van der Waals surface area contributed by atoms with E-state index in [4.69, 9.17) is 24.0 Å². The predicted molar refractivity (Wildman–Crippen MR) is 109 cm³/mol. The maximum Gasteiger partial charge on any atom is 0.451 e. The van der Waals surface area contributed by atoms with E-state index in [-0.39, 0.29) is 5.56 Å². The summed E-state index contributed by atoms with van der Waals surface area (Å²) >= 11 is 0. The van der Waals surface area contributed by atoms with Gasteiger partial charge in [0.05, 0.1) is 20.1 Å². The van der Waals surface area contributed by atoms with Crippen LogP contribution in [0.2, 0.25) is 0 Å². The number of benzene rings is 3. The standard InChI is InChI=1S/C24H21F3O5/c1-28-19-12-8-16(9-13-19)21(17-10-14-20(29-2)15-11-17)22-30-23(32-31-22,24(25,26)27)18-6-4-3-5-7-18/h3-15,21-22H,1-2H3. The fourth-order valence-corrected chi connectivity index (χ4v) is 3.62. The molecule has 0 amide bonds. The smallest absolute Gasteiger partial charge is 0.451 e. The number of ether oxygens (including phenoxy) is 3. The van der Waals surface area contributed by atoms with Crippen LogP contribution >= 0.6 is 0 Å². The average Bonchev–Trinajstić information content (AvgIpc) is 3.27. The lowest BCUT2D eigenvalue weighted by molar-refractivity contribution is -0.419. The lowest BCUT2D eigenvalue weighted by Gasteiger charge is -2.29. The van der Waals surface area contributed by atoms with Gasteiger partial charge in [0, 0.05) is 5.56 Å². The Morgan fingerprint density at radius 1 is 0.781 bits per heavy atom. The number of hydrogen-bond donors (Lipinski definition) is 0. The maximum absolute atomic E-state index is 14.2. The molecule has 1 aliphatic rings. The summed E-state index contributed by atoms with van der Waals surface area (Å²) in [6, 6.07) is 21.0. The third kappa shape index (κ3) is 4.04. The van der Waals surface area contributed by atoms with E-state index in [1.165, 1.54) is 38.5 Å². The molecular weight excluding hydrogens is 425 g/mol. The van der Waals surface area contributed by atoms with Gasteiger partial charge in [-0.25, -0.2) is 0 Å². The molecule has 1 heterocycles. The van der Waals surface area contributed by atoms with Crippen molar-refractivity contribution in [3.8, 4) is 11.5 Å². The molecule has 4 rings (SSSR count). The van der Waals surface area contributed by atoms with Crippen molar-refractivity contribution >= 4 is 0 Å². The Balaban J connectivity index is 1.75. The first-order valence-electron chi connectivity index (χ1n) is 9.80. The molecule has 8 heteroatoms. The molecule has 32 heavy (non-hydrogen) atoms. The number of alkyl halides is 3. The summed E-state index contributed by atoms with van der Waals surface area (Å²) in [4.78, 5) is 10.2. The van der Waals surface area contributed by atoms with Gasteiger partial charge in [0.2, 0.25) is 6.29 Å². The Bertz CT molecular complexity index is 975. The first-order valence-corrected chi connectivity index (χ1v) is 9.80. The molecular formula is C24H21F3O5. The normalized spacial score (nSPS) is 21.0. The molecule has 5 nitrogen and oxygen atoms in total. The minimum absolute atomic E-state index is 0.210. The van der Waals surface area contributed by atoms with E-state index in [9.17, 15) is 13.2 Å². The Hall–Kier alpha value is -3.07. The molecule has 3 aromatic rings. The van der Waals surface area contributed by atoms with E-state index in [1.807, 2.05) is 0 Å². The zero-order valence-corrected chi connectivity index (χ0v) is 17.3. The lowest BCUT2D eigenvalue weighted by atomic mass is 9.90. The summed E-state index contributed by atoms with van der Waals surface area (Å²) in [5.74, 6) is -2.54. The topological polar surface area (TPSA) is 46.2 Å². The van der Waals surface area contributed by atoms with Crippen LogP contribution in [0.15, 0.2) is 78.9 Å². The number of halogens is 3. The van der Waals surface area contributed by atoms with Crippen LogP contribution in [0.5, 0.6) is 11.5 Å². The molecule has 0 radical (unpaired) electrons. The monoisotopic (exact) mass is 446 g/mol. The molecule has 2 atom stereocenters. The molecule has 168 valence electrons. The summed E-state index contributed by atoms with van der Waals surface area (Å²) in [5.41, 5.74) is 1.12. The van der Waals surface area contributed by atoms with Crippen molar-refractivity contribution in [1.82, 2.24) is 0 Å². The van der Waals surface area contributed by atoms with Crippen molar-refractivity contribution in [1.29, 1.82) is 0 Å². The summed E-state index contributed by atoms with van der Waals surface area (Å²) in [6.45, 7) is 0. The van der Waals surface area contributed by atoms with Crippen molar-refractivity contribution in [2.45, 2.75) is 24.2 Å². The van der Waals surface area contributed by atoms with Gasteiger partial charge in [-0.2, -0.15) is 22.9 Å². The minimum Gasteiger partial charge on any atom is -0.497 e. The van der Waals surface area contributed by atoms with E-state index >= 15 is 0 Å². The van der Waals surface area contributed by atoms with E-state index in [0.29, 0.717) is 22.6 Å². The minimum atomic E-state index is -4.88. The third-order valence-corrected chi connectivity index (χ3v) is 5.29. The molecule has 0 bridgehead atoms. The summed E-state index contributed by atoms with van der Waals surface area (Å²) in [5, 5.41) is 0. The number of methoxy groups -OCH3 is 2. The fourth-order valence-electron chi connectivity index (χ4n) is 3.62. The molecule has 0 N–H and O–H groups in total. The van der Waals surface area contributed by atoms with Crippen LogP contribution in [0.4, 0.5) is 13.2 Å². The van der Waals surface area contributed by atoms with Gasteiger partial charge >= 0.3 is 12.0 Å². The van der Waals surface area contributed by atoms with E-state index in [2.05, 4.69) is 0 Å². The van der Waals surface area contributed by atoms with Crippen molar-refractivity contribution in [3.05, 3.63) is 95.6 Å². The summed E-state index contributed by atoms with van der Waals surface area (Å²) in [7, 11) is 3.06. The Kier molecular flexibility index (Phi) is 6.10. The van der Waals surface area contributed by atoms with Crippen LogP contribution in [0.25, 0.3) is 0 Å². The molecule has 1 saturated heterocycles. The highest BCUT2D eigenvalue weighted by Gasteiger charge is 2.66. The van der Waals surface area contributed by atoms with E-state index in [1.54, 1.807) is 54.6 Å². The second-order valence-electron chi connectivity index (χ2n) is 7.17. The molecule has 1 fully saturated rings. The zero-order valence-electron chi connectivity index (χ0n) is 17.3. The van der Waals surface area contributed by atoms with Gasteiger partial charge in [-0.15, -0.1) is 0 Å². The Morgan fingerprint density at radius 3 is 1.72 bits per heavy atom. The first kappa shape index (κ1) is 22.1. The number of rotatable bonds is 6. The third-order valence-electron chi connectivity index (χ3n) is 5.29. The van der Waals surface area contributed by atoms with Gasteiger partial charge in [0.25, 0.3) is 0 Å². The van der Waals surface area contributed by atoms with Crippen molar-refractivity contribution in [2.24, 2.45) is 0 Å². The van der Waals surface area contributed by atoms with Gasteiger partial charge in [-0.1, -0.05) is 54.6 Å². The van der Waals surface area contributed by atoms with Gasteiger partial charge in [0.1, 0.15) is 11.5 Å². The van der Waals surface area contributed by atoms with Crippen LogP contribution in [0.3, 0.4) is 0 Å². The van der Waals surface area contributed by atoms with Gasteiger partial charge in [0.15, 0.2) is 0 Å². The second kappa shape index (κ2) is 8.82. The fraction of sp³-hybridized carbons (Fsp3) is 0.250. The van der Waals surface area contributed by atoms with Gasteiger partial charge < -0.3 is 14.2 Å². The van der Waals surface area contributed by atoms with E-state index < -0.39 is 24.2 Å². The highest BCUT2D eigenvalue weighted by atomic mass is 19.4. The summed E-state index contributed by atoms with van der Waals surface area (Å²) < 4.78 is 58.5. The molecule has 0 aromatic heterocycles. The summed E-state index contributed by atoms with van der Waals surface area (Å²) in [6.07, 6.45) is -6.26. The maximum atomic E-state index is 14.2. The highest BCUT2D eigenvalue weighted by molar-refractivity contribution is 5.39. The van der Waals surface area contributed by atoms with Crippen molar-refractivity contribution < 1.29 is 37.2 Å². The molecule has 0 aliphatic carbocycles. The highest BCUT2D eigenvalue weighted by Crippen LogP contribution is 2.50. The van der Waals surface area contributed by atoms with Crippen molar-refractivity contribution in [2.75, 3.05) is 14.2 Å². The second-order valence-corrected chi connectivity index (χ2v) is 7.17. The first-order chi connectivity index (χ1) is 15.4. The van der Waals surface area contributed by atoms with Gasteiger partial charge in [-0.05, 0) is 35.4 Å². The van der Waals surface area contributed by atoms with Crippen LogP contribution in [-0.2, 0) is 20.3 Å². The van der Waals surface area contributed by atoms with Crippen LogP contribution < -0.4 is 9.47 Å². The zero-order chi connectivity index (χ0) is 22.8. The quantitative estimate of drug-likeness (QED) is 0.464. The average molecular weight is 446 g/mol. The molecule has 1 aliphatic heterocycles. The van der Waals surface area contributed by atoms with E-state index in [0.717, 1.165) is 0 Å². The van der Waals surface area contributed by atoms with Crippen LogP contribution in [-0.4, -0.2) is 26.7 Å². The van der Waals surface area contributed by atoms with Crippen molar-refractivity contribution in [3.63, 3.8) is 0 Å². The number of hydrogen-bond acceptors (Lipinski definition) is 5. The Labute approximate surface area is 183 Å². The van der Waals surface area contributed by atoms with Gasteiger partial charge in [-0.3, -0.25) is 0 Å². The van der Waals surface area contributed by atoms with Crippen LogP contribution in [0, 0.1) is 0 Å². The van der Waals surface area contributed by atoms with Crippen LogP contribution in [0.1, 0.15) is 22.6 Å². The predicted octanol–water partition coefficient (Wildman–Crippen LogP) is 5.56.